The highest BCUT2D eigenvalue weighted by molar-refractivity contribution is 5.67. The first-order chi connectivity index (χ1) is 8.42. The zero-order chi connectivity index (χ0) is 13.6. The van der Waals surface area contributed by atoms with Crippen LogP contribution in [0.1, 0.15) is 32.3 Å². The summed E-state index contributed by atoms with van der Waals surface area (Å²) in [5.74, 6) is 0.0699. The number of nitrogens with zero attached hydrogens (tertiary/aromatic N) is 1. The highest BCUT2D eigenvalue weighted by atomic mass is 16.6. The lowest BCUT2D eigenvalue weighted by atomic mass is 10.0. The fraction of sp³-hybridized carbons (Fsp3) is 0.538. The normalized spacial score (nSPS) is 12.9. The van der Waals surface area contributed by atoms with Crippen molar-refractivity contribution in [1.82, 2.24) is 10.3 Å². The molecule has 1 heterocycles. The van der Waals surface area contributed by atoms with Crippen molar-refractivity contribution in [3.8, 4) is 0 Å². The molecule has 1 unspecified atom stereocenters. The summed E-state index contributed by atoms with van der Waals surface area (Å²) in [5, 5.41) is 2.73. The zero-order valence-electron chi connectivity index (χ0n) is 11.1. The zero-order valence-corrected chi connectivity index (χ0v) is 11.1. The number of amides is 1. The molecule has 1 amide bonds. The second-order valence-electron chi connectivity index (χ2n) is 5.10. The lowest BCUT2D eigenvalue weighted by molar-refractivity contribution is 0.0525. The van der Waals surface area contributed by atoms with Gasteiger partial charge in [-0.2, -0.15) is 0 Å². The molecule has 1 atom stereocenters. The van der Waals surface area contributed by atoms with Gasteiger partial charge in [-0.1, -0.05) is 0 Å². The molecule has 0 saturated carbocycles. The molecule has 5 nitrogen and oxygen atoms in total. The minimum Gasteiger partial charge on any atom is -0.444 e. The summed E-state index contributed by atoms with van der Waals surface area (Å²) in [7, 11) is 0. The van der Waals surface area contributed by atoms with E-state index in [4.69, 9.17) is 10.5 Å². The third kappa shape index (κ3) is 5.14. The van der Waals surface area contributed by atoms with Crippen molar-refractivity contribution in [1.29, 1.82) is 0 Å². The van der Waals surface area contributed by atoms with Crippen LogP contribution in [0.2, 0.25) is 0 Å². The Labute approximate surface area is 108 Å². The van der Waals surface area contributed by atoms with Crippen molar-refractivity contribution in [3.63, 3.8) is 0 Å². The van der Waals surface area contributed by atoms with Gasteiger partial charge < -0.3 is 15.8 Å². The highest BCUT2D eigenvalue weighted by Gasteiger charge is 2.17. The fourth-order valence-corrected chi connectivity index (χ4v) is 1.49. The van der Waals surface area contributed by atoms with Gasteiger partial charge in [-0.05, 0) is 38.5 Å². The third-order valence-electron chi connectivity index (χ3n) is 2.35. The quantitative estimate of drug-likeness (QED) is 0.853. The summed E-state index contributed by atoms with van der Waals surface area (Å²) in [6.07, 6.45) is 3.01. The van der Waals surface area contributed by atoms with Crippen molar-refractivity contribution >= 4 is 6.09 Å². The third-order valence-corrected chi connectivity index (χ3v) is 2.35. The van der Waals surface area contributed by atoms with Crippen LogP contribution in [0.4, 0.5) is 4.79 Å². The number of carbonyl (C=O) groups excluding carboxylic acids is 1. The molecule has 0 fully saturated rings. The smallest absolute Gasteiger partial charge is 0.407 e. The van der Waals surface area contributed by atoms with Crippen LogP contribution in [0.15, 0.2) is 24.5 Å². The van der Waals surface area contributed by atoms with E-state index in [-0.39, 0.29) is 5.92 Å². The minimum absolute atomic E-state index is 0.0699. The molecule has 0 saturated heterocycles. The van der Waals surface area contributed by atoms with Gasteiger partial charge in [0.2, 0.25) is 0 Å². The molecule has 0 aromatic carbocycles. The SMILES string of the molecule is CC(C)(C)OC(=O)NCC(CN)c1ccncc1. The van der Waals surface area contributed by atoms with Gasteiger partial charge in [0.25, 0.3) is 0 Å². The predicted octanol–water partition coefficient (Wildman–Crippen LogP) is 1.65. The Morgan fingerprint density at radius 3 is 2.56 bits per heavy atom. The van der Waals surface area contributed by atoms with Crippen LogP contribution in [0, 0.1) is 0 Å². The summed E-state index contributed by atoms with van der Waals surface area (Å²) >= 11 is 0. The highest BCUT2D eigenvalue weighted by Crippen LogP contribution is 2.12. The van der Waals surface area contributed by atoms with E-state index in [1.807, 2.05) is 32.9 Å². The summed E-state index contributed by atoms with van der Waals surface area (Å²) in [6, 6.07) is 3.79. The number of alkyl carbamates (subject to hydrolysis) is 1. The maximum absolute atomic E-state index is 11.5. The number of aromatic nitrogens is 1. The molecule has 18 heavy (non-hydrogen) atoms. The fourth-order valence-electron chi connectivity index (χ4n) is 1.49. The summed E-state index contributed by atoms with van der Waals surface area (Å²) < 4.78 is 5.17. The molecule has 1 aromatic heterocycles. The number of nitrogens with two attached hydrogens (primary N) is 1. The number of hydrogen-bond donors (Lipinski definition) is 2. The minimum atomic E-state index is -0.487. The van der Waals surface area contributed by atoms with Crippen LogP contribution < -0.4 is 11.1 Å². The number of ether oxygens (including phenoxy) is 1. The molecule has 0 radical (unpaired) electrons. The predicted molar refractivity (Wildman–Crippen MR) is 70.3 cm³/mol. The van der Waals surface area contributed by atoms with E-state index in [0.29, 0.717) is 13.1 Å². The van der Waals surface area contributed by atoms with Gasteiger partial charge in [0.1, 0.15) is 5.60 Å². The number of nitrogens with one attached hydrogen (secondary N) is 1. The molecule has 3 N–H and O–H groups in total. The van der Waals surface area contributed by atoms with Crippen LogP contribution in [0.5, 0.6) is 0 Å². The van der Waals surface area contributed by atoms with Crippen LogP contribution in [0.25, 0.3) is 0 Å². The first-order valence-electron chi connectivity index (χ1n) is 5.99. The lowest BCUT2D eigenvalue weighted by Gasteiger charge is -2.21. The number of carbonyl (C=O) groups is 1. The standard InChI is InChI=1S/C13H21N3O2/c1-13(2,3)18-12(17)16-9-11(8-14)10-4-6-15-7-5-10/h4-7,11H,8-9,14H2,1-3H3,(H,16,17). The Morgan fingerprint density at radius 1 is 1.44 bits per heavy atom. The van der Waals surface area contributed by atoms with Crippen LogP contribution in [-0.2, 0) is 4.74 Å². The molecule has 0 aliphatic heterocycles. The monoisotopic (exact) mass is 251 g/mol. The lowest BCUT2D eigenvalue weighted by Crippen LogP contribution is -2.36. The molecule has 5 heteroatoms. The number of pyridine rings is 1. The molecule has 1 aromatic rings. The number of hydrogen-bond acceptors (Lipinski definition) is 4. The number of rotatable bonds is 4. The molecule has 100 valence electrons. The van der Waals surface area contributed by atoms with Gasteiger partial charge in [0.15, 0.2) is 0 Å². The van der Waals surface area contributed by atoms with E-state index < -0.39 is 11.7 Å². The Morgan fingerprint density at radius 2 is 2.06 bits per heavy atom. The van der Waals surface area contributed by atoms with E-state index in [2.05, 4.69) is 10.3 Å². The second kappa shape index (κ2) is 6.35. The van der Waals surface area contributed by atoms with Crippen molar-refractivity contribution in [2.45, 2.75) is 32.3 Å². The Hall–Kier alpha value is -1.62. The van der Waals surface area contributed by atoms with Crippen LogP contribution in [0.3, 0.4) is 0 Å². The van der Waals surface area contributed by atoms with E-state index in [1.165, 1.54) is 0 Å². The van der Waals surface area contributed by atoms with Crippen LogP contribution in [-0.4, -0.2) is 29.8 Å². The molecule has 0 bridgehead atoms. The maximum Gasteiger partial charge on any atom is 0.407 e. The Kier molecular flexibility index (Phi) is 5.09. The van der Waals surface area contributed by atoms with Crippen molar-refractivity contribution in [3.05, 3.63) is 30.1 Å². The molecule has 0 spiro atoms. The summed E-state index contributed by atoms with van der Waals surface area (Å²) in [6.45, 7) is 6.40. The van der Waals surface area contributed by atoms with E-state index in [0.717, 1.165) is 5.56 Å². The van der Waals surface area contributed by atoms with E-state index >= 15 is 0 Å². The first kappa shape index (κ1) is 14.4. The topological polar surface area (TPSA) is 77.2 Å². The van der Waals surface area contributed by atoms with Gasteiger partial charge in [0.05, 0.1) is 0 Å². The van der Waals surface area contributed by atoms with Crippen molar-refractivity contribution in [2.24, 2.45) is 5.73 Å². The Balaban J connectivity index is 2.48. The van der Waals surface area contributed by atoms with Gasteiger partial charge in [-0.15, -0.1) is 0 Å². The summed E-state index contributed by atoms with van der Waals surface area (Å²) in [4.78, 5) is 15.5. The van der Waals surface area contributed by atoms with E-state index in [9.17, 15) is 4.79 Å². The second-order valence-corrected chi connectivity index (χ2v) is 5.10. The average molecular weight is 251 g/mol. The van der Waals surface area contributed by atoms with Crippen molar-refractivity contribution < 1.29 is 9.53 Å². The maximum atomic E-state index is 11.5. The van der Waals surface area contributed by atoms with Gasteiger partial charge in [0, 0.05) is 31.4 Å². The van der Waals surface area contributed by atoms with Gasteiger partial charge in [-0.25, -0.2) is 4.79 Å². The first-order valence-corrected chi connectivity index (χ1v) is 5.99. The van der Waals surface area contributed by atoms with E-state index in [1.54, 1.807) is 12.4 Å². The van der Waals surface area contributed by atoms with Crippen molar-refractivity contribution in [2.75, 3.05) is 13.1 Å². The molecular formula is C13H21N3O2. The largest absolute Gasteiger partial charge is 0.444 e. The molecule has 1 rings (SSSR count). The molecule has 0 aliphatic carbocycles. The average Bonchev–Trinajstić information content (AvgIpc) is 2.29. The molecule has 0 aliphatic rings. The van der Waals surface area contributed by atoms with Gasteiger partial charge >= 0.3 is 6.09 Å². The van der Waals surface area contributed by atoms with Crippen LogP contribution >= 0.6 is 0 Å². The molecular weight excluding hydrogens is 230 g/mol. The summed E-state index contributed by atoms with van der Waals surface area (Å²) in [5.41, 5.74) is 6.28. The Bertz CT molecular complexity index is 374. The van der Waals surface area contributed by atoms with Gasteiger partial charge in [-0.3, -0.25) is 4.98 Å².